The maximum atomic E-state index is 10.9. The fourth-order valence-corrected chi connectivity index (χ4v) is 1.29. The molecule has 0 amide bonds. The molecule has 4 nitrogen and oxygen atoms in total. The molecule has 0 saturated heterocycles. The first-order valence-electron chi connectivity index (χ1n) is 4.82. The summed E-state index contributed by atoms with van der Waals surface area (Å²) in [6.07, 6.45) is 4.55. The second-order valence-electron chi connectivity index (χ2n) is 3.40. The largest absolute Gasteiger partial charge is 0.503 e. The van der Waals surface area contributed by atoms with Gasteiger partial charge in [0.25, 0.3) is 5.56 Å². The average molecular weight is 196 g/mol. The van der Waals surface area contributed by atoms with Gasteiger partial charge in [0.1, 0.15) is 0 Å². The summed E-state index contributed by atoms with van der Waals surface area (Å²) in [4.78, 5) is 13.3. The Kier molecular flexibility index (Phi) is 3.71. The predicted molar refractivity (Wildman–Crippen MR) is 55.2 cm³/mol. The molecule has 1 aromatic rings. The molecule has 4 heteroatoms. The predicted octanol–water partition coefficient (Wildman–Crippen LogP) is 1.27. The van der Waals surface area contributed by atoms with Gasteiger partial charge in [-0.15, -0.1) is 0 Å². The second-order valence-corrected chi connectivity index (χ2v) is 3.40. The van der Waals surface area contributed by atoms with Gasteiger partial charge in [-0.1, -0.05) is 19.8 Å². The lowest BCUT2D eigenvalue weighted by atomic mass is 10.0. The van der Waals surface area contributed by atoms with Gasteiger partial charge >= 0.3 is 0 Å². The highest BCUT2D eigenvalue weighted by Crippen LogP contribution is 2.17. The highest BCUT2D eigenvalue weighted by Gasteiger charge is 2.07. The molecule has 0 bridgehead atoms. The third-order valence-corrected chi connectivity index (χ3v) is 2.20. The first kappa shape index (κ1) is 10.8. The van der Waals surface area contributed by atoms with E-state index in [-0.39, 0.29) is 11.8 Å². The standard InChI is InChI=1S/C10H16N2O2/c1-2-3-4-8(11)7-5-9(13)10(14)12-6-7/h5-6,8,13H,2-4,11H2,1H3,(H,12,14)/t8-/m1/s1. The Morgan fingerprint density at radius 3 is 2.93 bits per heavy atom. The van der Waals surface area contributed by atoms with Gasteiger partial charge in [-0.25, -0.2) is 0 Å². The number of nitrogens with two attached hydrogens (primary N) is 1. The molecule has 1 heterocycles. The van der Waals surface area contributed by atoms with Crippen LogP contribution in [0.25, 0.3) is 0 Å². The Hall–Kier alpha value is -1.29. The summed E-state index contributed by atoms with van der Waals surface area (Å²) >= 11 is 0. The average Bonchev–Trinajstić information content (AvgIpc) is 2.18. The number of hydrogen-bond acceptors (Lipinski definition) is 3. The Morgan fingerprint density at radius 2 is 2.36 bits per heavy atom. The number of aromatic amines is 1. The molecule has 4 N–H and O–H groups in total. The Labute approximate surface area is 82.8 Å². The van der Waals surface area contributed by atoms with Crippen LogP contribution < -0.4 is 11.3 Å². The van der Waals surface area contributed by atoms with E-state index in [9.17, 15) is 9.90 Å². The van der Waals surface area contributed by atoms with Gasteiger partial charge in [0.15, 0.2) is 5.75 Å². The minimum atomic E-state index is -0.476. The lowest BCUT2D eigenvalue weighted by molar-refractivity contribution is 0.463. The molecule has 1 aromatic heterocycles. The van der Waals surface area contributed by atoms with Crippen molar-refractivity contribution in [1.29, 1.82) is 0 Å². The van der Waals surface area contributed by atoms with Crippen LogP contribution in [0.4, 0.5) is 0 Å². The molecule has 0 aliphatic rings. The van der Waals surface area contributed by atoms with Crippen LogP contribution in [0.3, 0.4) is 0 Å². The van der Waals surface area contributed by atoms with Crippen LogP contribution in [0.2, 0.25) is 0 Å². The highest BCUT2D eigenvalue weighted by atomic mass is 16.3. The molecule has 0 fully saturated rings. The quantitative estimate of drug-likeness (QED) is 0.678. The zero-order chi connectivity index (χ0) is 10.6. The van der Waals surface area contributed by atoms with Crippen LogP contribution in [0, 0.1) is 0 Å². The van der Waals surface area contributed by atoms with Gasteiger partial charge in [-0.05, 0) is 18.1 Å². The maximum absolute atomic E-state index is 10.9. The molecule has 1 rings (SSSR count). The van der Waals surface area contributed by atoms with Crippen molar-refractivity contribution in [2.24, 2.45) is 5.73 Å². The van der Waals surface area contributed by atoms with E-state index in [1.807, 2.05) is 0 Å². The number of pyridine rings is 1. The van der Waals surface area contributed by atoms with E-state index in [0.717, 1.165) is 24.8 Å². The van der Waals surface area contributed by atoms with E-state index in [1.54, 1.807) is 6.20 Å². The van der Waals surface area contributed by atoms with Gasteiger partial charge in [0.2, 0.25) is 0 Å². The molecular formula is C10H16N2O2. The van der Waals surface area contributed by atoms with Crippen LogP contribution in [0.5, 0.6) is 5.75 Å². The molecule has 0 spiro atoms. The van der Waals surface area contributed by atoms with Crippen LogP contribution in [-0.4, -0.2) is 10.1 Å². The van der Waals surface area contributed by atoms with Crippen LogP contribution in [-0.2, 0) is 0 Å². The first-order valence-corrected chi connectivity index (χ1v) is 4.82. The van der Waals surface area contributed by atoms with Crippen molar-refractivity contribution in [3.63, 3.8) is 0 Å². The fraction of sp³-hybridized carbons (Fsp3) is 0.500. The van der Waals surface area contributed by atoms with Crippen molar-refractivity contribution in [3.8, 4) is 5.75 Å². The number of nitrogens with one attached hydrogen (secondary N) is 1. The SMILES string of the molecule is CCCC[C@@H](N)c1c[nH]c(=O)c(O)c1. The molecule has 0 unspecified atom stereocenters. The van der Waals surface area contributed by atoms with E-state index in [4.69, 9.17) is 5.73 Å². The van der Waals surface area contributed by atoms with Crippen molar-refractivity contribution in [3.05, 3.63) is 28.2 Å². The van der Waals surface area contributed by atoms with Gasteiger partial charge in [0, 0.05) is 12.2 Å². The Morgan fingerprint density at radius 1 is 1.64 bits per heavy atom. The normalized spacial score (nSPS) is 12.7. The van der Waals surface area contributed by atoms with E-state index in [1.165, 1.54) is 6.07 Å². The number of aromatic hydroxyl groups is 1. The van der Waals surface area contributed by atoms with Gasteiger partial charge in [0.05, 0.1) is 0 Å². The van der Waals surface area contributed by atoms with Crippen molar-refractivity contribution < 1.29 is 5.11 Å². The third-order valence-electron chi connectivity index (χ3n) is 2.20. The summed E-state index contributed by atoms with van der Waals surface area (Å²) in [6, 6.07) is 1.32. The molecule has 14 heavy (non-hydrogen) atoms. The Bertz CT molecular complexity index is 346. The molecule has 0 radical (unpaired) electrons. The molecule has 1 atom stereocenters. The number of unbranched alkanes of at least 4 members (excludes halogenated alkanes) is 1. The minimum Gasteiger partial charge on any atom is -0.503 e. The highest BCUT2D eigenvalue weighted by molar-refractivity contribution is 5.24. The number of rotatable bonds is 4. The fourth-order valence-electron chi connectivity index (χ4n) is 1.29. The smallest absolute Gasteiger partial charge is 0.290 e. The summed E-state index contributed by atoms with van der Waals surface area (Å²) in [7, 11) is 0. The van der Waals surface area contributed by atoms with E-state index in [0.29, 0.717) is 0 Å². The summed E-state index contributed by atoms with van der Waals surface area (Å²) in [5.41, 5.74) is 6.17. The molecular weight excluding hydrogens is 180 g/mol. The van der Waals surface area contributed by atoms with Crippen molar-refractivity contribution in [1.82, 2.24) is 4.98 Å². The lowest BCUT2D eigenvalue weighted by Crippen LogP contribution is -2.13. The van der Waals surface area contributed by atoms with Crippen LogP contribution in [0.15, 0.2) is 17.1 Å². The molecule has 0 aliphatic heterocycles. The molecule has 78 valence electrons. The van der Waals surface area contributed by atoms with E-state index < -0.39 is 5.56 Å². The Balaban J connectivity index is 2.75. The zero-order valence-electron chi connectivity index (χ0n) is 8.29. The van der Waals surface area contributed by atoms with Crippen LogP contribution >= 0.6 is 0 Å². The van der Waals surface area contributed by atoms with Gasteiger partial charge < -0.3 is 15.8 Å². The summed E-state index contributed by atoms with van der Waals surface area (Å²) in [6.45, 7) is 2.09. The van der Waals surface area contributed by atoms with Crippen molar-refractivity contribution in [2.75, 3.05) is 0 Å². The maximum Gasteiger partial charge on any atom is 0.290 e. The van der Waals surface area contributed by atoms with E-state index >= 15 is 0 Å². The van der Waals surface area contributed by atoms with Crippen molar-refractivity contribution >= 4 is 0 Å². The summed E-state index contributed by atoms with van der Waals surface area (Å²) in [5, 5.41) is 9.18. The summed E-state index contributed by atoms with van der Waals surface area (Å²) < 4.78 is 0. The monoisotopic (exact) mass is 196 g/mol. The number of aromatic nitrogens is 1. The lowest BCUT2D eigenvalue weighted by Gasteiger charge is -2.10. The number of hydrogen-bond donors (Lipinski definition) is 3. The minimum absolute atomic E-state index is 0.113. The van der Waals surface area contributed by atoms with Crippen molar-refractivity contribution in [2.45, 2.75) is 32.2 Å². The number of H-pyrrole nitrogens is 1. The zero-order valence-corrected chi connectivity index (χ0v) is 8.29. The van der Waals surface area contributed by atoms with E-state index in [2.05, 4.69) is 11.9 Å². The topological polar surface area (TPSA) is 79.1 Å². The summed E-state index contributed by atoms with van der Waals surface area (Å²) in [5.74, 6) is -0.269. The van der Waals surface area contributed by atoms with Gasteiger partial charge in [-0.3, -0.25) is 4.79 Å². The molecule has 0 aliphatic carbocycles. The van der Waals surface area contributed by atoms with Gasteiger partial charge in [-0.2, -0.15) is 0 Å². The second kappa shape index (κ2) is 4.81. The molecule has 0 aromatic carbocycles. The third kappa shape index (κ3) is 2.60. The molecule has 0 saturated carbocycles. The first-order chi connectivity index (χ1) is 6.65. The van der Waals surface area contributed by atoms with Crippen LogP contribution in [0.1, 0.15) is 37.8 Å².